The van der Waals surface area contributed by atoms with Gasteiger partial charge in [0.15, 0.2) is 0 Å². The second-order valence-electron chi connectivity index (χ2n) is 3.50. The Bertz CT molecular complexity index is 112. The molecule has 3 N–H and O–H groups in total. The van der Waals surface area contributed by atoms with Crippen LogP contribution in [0.5, 0.6) is 0 Å². The Kier molecular flexibility index (Phi) is 5.04. The highest BCUT2D eigenvalue weighted by Crippen LogP contribution is 2.29. The van der Waals surface area contributed by atoms with E-state index in [0.717, 1.165) is 12.3 Å². The summed E-state index contributed by atoms with van der Waals surface area (Å²) in [7, 11) is 0. The summed E-state index contributed by atoms with van der Waals surface area (Å²) in [5, 5.41) is 9.14. The maximum absolute atomic E-state index is 9.14. The van der Waals surface area contributed by atoms with Gasteiger partial charge >= 0.3 is 0 Å². The molecule has 1 fully saturated rings. The Morgan fingerprint density at radius 2 is 2.42 bits per heavy atom. The fourth-order valence-electron chi connectivity index (χ4n) is 1.83. The lowest BCUT2D eigenvalue weighted by Crippen LogP contribution is -2.26. The first-order valence-electron chi connectivity index (χ1n) is 4.77. The zero-order chi connectivity index (χ0) is 8.81. The van der Waals surface area contributed by atoms with E-state index in [4.69, 9.17) is 10.8 Å². The smallest absolute Gasteiger partial charge is 0.0462 e. The van der Waals surface area contributed by atoms with E-state index in [2.05, 4.69) is 0 Å². The number of aliphatic hydroxyl groups excluding tert-OH is 1. The predicted molar refractivity (Wildman–Crippen MR) is 54.3 cm³/mol. The van der Waals surface area contributed by atoms with Gasteiger partial charge in [-0.05, 0) is 49.1 Å². The number of nitrogens with two attached hydrogens (primary N) is 1. The van der Waals surface area contributed by atoms with Crippen molar-refractivity contribution in [3.8, 4) is 0 Å². The Labute approximate surface area is 78.9 Å². The third kappa shape index (κ3) is 2.96. The number of aliphatic hydroxyl groups is 1. The molecule has 0 spiro atoms. The van der Waals surface area contributed by atoms with Crippen molar-refractivity contribution in [3.05, 3.63) is 0 Å². The summed E-state index contributed by atoms with van der Waals surface area (Å²) in [5.74, 6) is 3.71. The first-order valence-corrected chi connectivity index (χ1v) is 5.92. The van der Waals surface area contributed by atoms with Crippen molar-refractivity contribution >= 4 is 11.8 Å². The second kappa shape index (κ2) is 5.84. The Hall–Kier alpha value is 0.270. The number of hydrogen-bond acceptors (Lipinski definition) is 3. The predicted octanol–water partition coefficient (Wildman–Crippen LogP) is 1.09. The molecule has 3 heteroatoms. The average molecular weight is 189 g/mol. The van der Waals surface area contributed by atoms with Gasteiger partial charge in [0.25, 0.3) is 0 Å². The van der Waals surface area contributed by atoms with Crippen LogP contribution < -0.4 is 5.73 Å². The Morgan fingerprint density at radius 3 is 2.92 bits per heavy atom. The lowest BCUT2D eigenvalue weighted by molar-refractivity contribution is 0.171. The summed E-state index contributed by atoms with van der Waals surface area (Å²) in [5.41, 5.74) is 5.49. The highest BCUT2D eigenvalue weighted by molar-refractivity contribution is 7.99. The molecule has 2 atom stereocenters. The Balaban J connectivity index is 2.29. The summed E-state index contributed by atoms with van der Waals surface area (Å²) >= 11 is 2.02. The molecule has 2 nitrogen and oxygen atoms in total. The molecule has 0 amide bonds. The highest BCUT2D eigenvalue weighted by atomic mass is 32.2. The number of thioether (sulfide) groups is 1. The number of hydrogen-bond donors (Lipinski definition) is 2. The third-order valence-electron chi connectivity index (χ3n) is 2.63. The summed E-state index contributed by atoms with van der Waals surface area (Å²) in [6.07, 6.45) is 3.59. The molecule has 1 aliphatic heterocycles. The molecular weight excluding hydrogens is 170 g/mol. The molecule has 0 saturated carbocycles. The molecule has 1 saturated heterocycles. The fourth-order valence-corrected chi connectivity index (χ4v) is 3.11. The van der Waals surface area contributed by atoms with Gasteiger partial charge < -0.3 is 10.8 Å². The van der Waals surface area contributed by atoms with Crippen molar-refractivity contribution < 1.29 is 5.11 Å². The quantitative estimate of drug-likeness (QED) is 0.696. The molecule has 0 aromatic rings. The minimum Gasteiger partial charge on any atom is -0.396 e. The number of rotatable bonds is 4. The van der Waals surface area contributed by atoms with Crippen molar-refractivity contribution in [2.24, 2.45) is 17.6 Å². The van der Waals surface area contributed by atoms with Crippen LogP contribution in [0.25, 0.3) is 0 Å². The van der Waals surface area contributed by atoms with Gasteiger partial charge in [-0.1, -0.05) is 0 Å². The van der Waals surface area contributed by atoms with Gasteiger partial charge in [-0.2, -0.15) is 11.8 Å². The van der Waals surface area contributed by atoms with Crippen LogP contribution in [0, 0.1) is 11.8 Å². The highest BCUT2D eigenvalue weighted by Gasteiger charge is 2.22. The van der Waals surface area contributed by atoms with E-state index in [1.807, 2.05) is 11.8 Å². The monoisotopic (exact) mass is 189 g/mol. The largest absolute Gasteiger partial charge is 0.396 e. The topological polar surface area (TPSA) is 46.2 Å². The first-order chi connectivity index (χ1) is 5.88. The standard InChI is InChI=1S/C9H19NOS/c10-4-3-8(6-11)9-2-1-5-12-7-9/h8-9,11H,1-7,10H2. The molecule has 12 heavy (non-hydrogen) atoms. The SMILES string of the molecule is NCCC(CO)C1CCCSC1. The van der Waals surface area contributed by atoms with E-state index >= 15 is 0 Å². The lowest BCUT2D eigenvalue weighted by atomic mass is 9.88. The van der Waals surface area contributed by atoms with Crippen LogP contribution in [0.2, 0.25) is 0 Å². The minimum absolute atomic E-state index is 0.322. The van der Waals surface area contributed by atoms with Gasteiger partial charge in [0, 0.05) is 6.61 Å². The van der Waals surface area contributed by atoms with Gasteiger partial charge in [-0.25, -0.2) is 0 Å². The van der Waals surface area contributed by atoms with Gasteiger partial charge in [-0.3, -0.25) is 0 Å². The molecule has 0 aromatic heterocycles. The maximum Gasteiger partial charge on any atom is 0.0462 e. The average Bonchev–Trinajstić information content (AvgIpc) is 2.15. The van der Waals surface area contributed by atoms with E-state index in [1.165, 1.54) is 24.3 Å². The van der Waals surface area contributed by atoms with Crippen LogP contribution in [0.1, 0.15) is 19.3 Å². The van der Waals surface area contributed by atoms with Crippen LogP contribution >= 0.6 is 11.8 Å². The molecule has 1 aliphatic rings. The van der Waals surface area contributed by atoms with Gasteiger partial charge in [0.2, 0.25) is 0 Å². The maximum atomic E-state index is 9.14. The van der Waals surface area contributed by atoms with E-state index in [9.17, 15) is 0 Å². The van der Waals surface area contributed by atoms with E-state index < -0.39 is 0 Å². The van der Waals surface area contributed by atoms with Crippen LogP contribution in [0.15, 0.2) is 0 Å². The molecule has 2 unspecified atom stereocenters. The zero-order valence-corrected chi connectivity index (χ0v) is 8.35. The third-order valence-corrected chi connectivity index (χ3v) is 3.88. The van der Waals surface area contributed by atoms with Crippen LogP contribution in [-0.4, -0.2) is 29.8 Å². The summed E-state index contributed by atoms with van der Waals surface area (Å²) in [6, 6.07) is 0. The summed E-state index contributed by atoms with van der Waals surface area (Å²) < 4.78 is 0. The van der Waals surface area contributed by atoms with Crippen molar-refractivity contribution in [2.75, 3.05) is 24.7 Å². The lowest BCUT2D eigenvalue weighted by Gasteiger charge is -2.28. The molecule has 1 heterocycles. The molecule has 0 aliphatic carbocycles. The van der Waals surface area contributed by atoms with Crippen molar-refractivity contribution in [1.29, 1.82) is 0 Å². The van der Waals surface area contributed by atoms with Crippen molar-refractivity contribution in [1.82, 2.24) is 0 Å². The van der Waals surface area contributed by atoms with Gasteiger partial charge in [-0.15, -0.1) is 0 Å². The van der Waals surface area contributed by atoms with E-state index in [-0.39, 0.29) is 0 Å². The van der Waals surface area contributed by atoms with Gasteiger partial charge in [0.05, 0.1) is 0 Å². The van der Waals surface area contributed by atoms with Gasteiger partial charge in [0.1, 0.15) is 0 Å². The molecule has 1 rings (SSSR count). The molecule has 0 radical (unpaired) electrons. The van der Waals surface area contributed by atoms with E-state index in [0.29, 0.717) is 19.1 Å². The van der Waals surface area contributed by atoms with Crippen LogP contribution in [0.3, 0.4) is 0 Å². The molecular formula is C9H19NOS. The Morgan fingerprint density at radius 1 is 1.58 bits per heavy atom. The van der Waals surface area contributed by atoms with E-state index in [1.54, 1.807) is 0 Å². The zero-order valence-electron chi connectivity index (χ0n) is 7.54. The van der Waals surface area contributed by atoms with Crippen molar-refractivity contribution in [3.63, 3.8) is 0 Å². The van der Waals surface area contributed by atoms with Crippen LogP contribution in [0.4, 0.5) is 0 Å². The molecule has 72 valence electrons. The fraction of sp³-hybridized carbons (Fsp3) is 1.00. The minimum atomic E-state index is 0.322. The molecule has 0 bridgehead atoms. The second-order valence-corrected chi connectivity index (χ2v) is 4.65. The van der Waals surface area contributed by atoms with Crippen LogP contribution in [-0.2, 0) is 0 Å². The first kappa shape index (κ1) is 10.4. The van der Waals surface area contributed by atoms with Crippen molar-refractivity contribution in [2.45, 2.75) is 19.3 Å². The summed E-state index contributed by atoms with van der Waals surface area (Å²) in [6.45, 7) is 1.04. The normalized spacial score (nSPS) is 27.0. The summed E-state index contributed by atoms with van der Waals surface area (Å²) in [4.78, 5) is 0. The molecule has 0 aromatic carbocycles.